The number of unbranched alkanes of at least 4 members (excludes halogenated alkanes) is 2. The largest absolute Gasteiger partial charge is 0.464 e. The predicted molar refractivity (Wildman–Crippen MR) is 110 cm³/mol. The Bertz CT molecular complexity index is 995. The topological polar surface area (TPSA) is 61.2 Å². The molecular formula is C20H21ClN2O3S. The molecule has 7 heteroatoms. The van der Waals surface area contributed by atoms with Crippen LogP contribution in [0.2, 0.25) is 5.02 Å². The number of benzene rings is 1. The molecule has 0 aliphatic carbocycles. The number of thiophene rings is 1. The number of halogens is 1. The minimum atomic E-state index is -0.728. The number of aromatic nitrogens is 2. The maximum absolute atomic E-state index is 13.1. The van der Waals surface area contributed by atoms with E-state index in [9.17, 15) is 9.59 Å². The van der Waals surface area contributed by atoms with Crippen molar-refractivity contribution in [2.75, 3.05) is 6.61 Å². The molecule has 27 heavy (non-hydrogen) atoms. The first-order valence-corrected chi connectivity index (χ1v) is 10.2. The number of hydrogen-bond acceptors (Lipinski definition) is 5. The zero-order valence-electron chi connectivity index (χ0n) is 15.3. The van der Waals surface area contributed by atoms with Gasteiger partial charge in [0.05, 0.1) is 18.3 Å². The van der Waals surface area contributed by atoms with Gasteiger partial charge in [-0.25, -0.2) is 9.78 Å². The summed E-state index contributed by atoms with van der Waals surface area (Å²) in [6.07, 6.45) is 4.31. The second kappa shape index (κ2) is 8.67. The molecule has 1 aromatic carbocycles. The third-order valence-electron chi connectivity index (χ3n) is 4.43. The Kier molecular flexibility index (Phi) is 6.29. The Morgan fingerprint density at radius 2 is 2.04 bits per heavy atom. The molecule has 2 aromatic heterocycles. The molecule has 0 bridgehead atoms. The second-order valence-electron chi connectivity index (χ2n) is 6.34. The standard InChI is InChI=1S/C20H21ClN2O3S/c1-3-4-5-10-26-20(25)13(2)23-12-22-18-17(19(23)24)16(11-27-18)14-6-8-15(21)9-7-14/h6-9,11-13H,3-5,10H2,1-2H3/t13-/m1/s1. The summed E-state index contributed by atoms with van der Waals surface area (Å²) in [5.74, 6) is -0.419. The quantitative estimate of drug-likeness (QED) is 0.407. The van der Waals surface area contributed by atoms with Crippen LogP contribution in [0.25, 0.3) is 21.3 Å². The summed E-state index contributed by atoms with van der Waals surface area (Å²) in [4.78, 5) is 30.4. The number of fused-ring (bicyclic) bond motifs is 1. The number of hydrogen-bond donors (Lipinski definition) is 0. The van der Waals surface area contributed by atoms with Gasteiger partial charge in [0.15, 0.2) is 0 Å². The summed E-state index contributed by atoms with van der Waals surface area (Å²) in [5.41, 5.74) is 1.43. The molecule has 0 radical (unpaired) electrons. The predicted octanol–water partition coefficient (Wildman–Crippen LogP) is 5.07. The first kappa shape index (κ1) is 19.6. The van der Waals surface area contributed by atoms with Gasteiger partial charge in [-0.1, -0.05) is 43.5 Å². The highest BCUT2D eigenvalue weighted by atomic mass is 35.5. The molecule has 3 rings (SSSR count). The van der Waals surface area contributed by atoms with Gasteiger partial charge in [0.1, 0.15) is 10.9 Å². The van der Waals surface area contributed by atoms with Gasteiger partial charge < -0.3 is 4.74 Å². The molecule has 0 aliphatic rings. The van der Waals surface area contributed by atoms with E-state index in [1.807, 2.05) is 17.5 Å². The van der Waals surface area contributed by atoms with Gasteiger partial charge in [0.25, 0.3) is 5.56 Å². The summed E-state index contributed by atoms with van der Waals surface area (Å²) >= 11 is 7.36. The third kappa shape index (κ3) is 4.22. The van der Waals surface area contributed by atoms with Crippen molar-refractivity contribution in [2.24, 2.45) is 0 Å². The van der Waals surface area contributed by atoms with Crippen molar-refractivity contribution >= 4 is 39.1 Å². The fourth-order valence-corrected chi connectivity index (χ4v) is 3.85. The van der Waals surface area contributed by atoms with Crippen LogP contribution in [0.4, 0.5) is 0 Å². The fraction of sp³-hybridized carbons (Fsp3) is 0.350. The number of esters is 1. The Balaban J connectivity index is 1.92. The molecule has 0 saturated carbocycles. The normalized spacial score (nSPS) is 12.3. The zero-order valence-corrected chi connectivity index (χ0v) is 16.8. The molecule has 0 spiro atoms. The Morgan fingerprint density at radius 1 is 1.30 bits per heavy atom. The number of carbonyl (C=O) groups excluding carboxylic acids is 1. The van der Waals surface area contributed by atoms with Gasteiger partial charge in [0, 0.05) is 16.0 Å². The lowest BCUT2D eigenvalue weighted by Crippen LogP contribution is -2.29. The van der Waals surface area contributed by atoms with Gasteiger partial charge in [0.2, 0.25) is 0 Å². The lowest BCUT2D eigenvalue weighted by Gasteiger charge is -2.14. The van der Waals surface area contributed by atoms with Crippen molar-refractivity contribution in [3.8, 4) is 11.1 Å². The summed E-state index contributed by atoms with van der Waals surface area (Å²) in [5, 5.41) is 3.05. The van der Waals surface area contributed by atoms with Gasteiger partial charge in [-0.15, -0.1) is 11.3 Å². The summed E-state index contributed by atoms with van der Waals surface area (Å²) in [7, 11) is 0. The van der Waals surface area contributed by atoms with E-state index in [1.54, 1.807) is 19.1 Å². The van der Waals surface area contributed by atoms with Crippen molar-refractivity contribution in [3.63, 3.8) is 0 Å². The highest BCUT2D eigenvalue weighted by Crippen LogP contribution is 2.31. The van der Waals surface area contributed by atoms with E-state index < -0.39 is 12.0 Å². The van der Waals surface area contributed by atoms with Crippen LogP contribution >= 0.6 is 22.9 Å². The van der Waals surface area contributed by atoms with Crippen LogP contribution in [-0.2, 0) is 9.53 Å². The Labute approximate surface area is 166 Å². The molecule has 142 valence electrons. The molecule has 0 N–H and O–H groups in total. The zero-order chi connectivity index (χ0) is 19.4. The minimum absolute atomic E-state index is 0.246. The SMILES string of the molecule is CCCCCOC(=O)[C@@H](C)n1cnc2scc(-c3ccc(Cl)cc3)c2c1=O. The molecule has 2 heterocycles. The van der Waals surface area contributed by atoms with Crippen molar-refractivity contribution in [1.29, 1.82) is 0 Å². The molecule has 3 aromatic rings. The third-order valence-corrected chi connectivity index (χ3v) is 5.56. The van der Waals surface area contributed by atoms with Crippen molar-refractivity contribution in [3.05, 3.63) is 51.3 Å². The maximum Gasteiger partial charge on any atom is 0.328 e. The first-order chi connectivity index (χ1) is 13.0. The number of ether oxygens (including phenoxy) is 1. The van der Waals surface area contributed by atoms with Gasteiger partial charge in [-0.2, -0.15) is 0 Å². The van der Waals surface area contributed by atoms with Crippen LogP contribution < -0.4 is 5.56 Å². The monoisotopic (exact) mass is 404 g/mol. The van der Waals surface area contributed by atoms with Crippen LogP contribution in [0.1, 0.15) is 39.2 Å². The van der Waals surface area contributed by atoms with E-state index in [2.05, 4.69) is 11.9 Å². The minimum Gasteiger partial charge on any atom is -0.464 e. The lowest BCUT2D eigenvalue weighted by molar-refractivity contribution is -0.147. The maximum atomic E-state index is 13.1. The molecular weight excluding hydrogens is 384 g/mol. The van der Waals surface area contributed by atoms with Crippen molar-refractivity contribution < 1.29 is 9.53 Å². The fourth-order valence-electron chi connectivity index (χ4n) is 2.82. The van der Waals surface area contributed by atoms with Gasteiger partial charge in [-0.05, 0) is 31.0 Å². The smallest absolute Gasteiger partial charge is 0.328 e. The van der Waals surface area contributed by atoms with E-state index in [0.717, 1.165) is 30.4 Å². The summed E-state index contributed by atoms with van der Waals surface area (Å²) in [6, 6.07) is 6.57. The average molecular weight is 405 g/mol. The van der Waals surface area contributed by atoms with E-state index >= 15 is 0 Å². The van der Waals surface area contributed by atoms with Gasteiger partial charge in [-0.3, -0.25) is 9.36 Å². The molecule has 0 aliphatic heterocycles. The van der Waals surface area contributed by atoms with Crippen LogP contribution in [0.15, 0.2) is 40.8 Å². The summed E-state index contributed by atoms with van der Waals surface area (Å²) in [6.45, 7) is 4.12. The molecule has 1 atom stereocenters. The van der Waals surface area contributed by atoms with Gasteiger partial charge >= 0.3 is 5.97 Å². The number of nitrogens with zero attached hydrogens (tertiary/aromatic N) is 2. The number of rotatable bonds is 7. The van der Waals surface area contributed by atoms with E-state index in [0.29, 0.717) is 21.8 Å². The first-order valence-electron chi connectivity index (χ1n) is 8.93. The highest BCUT2D eigenvalue weighted by Gasteiger charge is 2.21. The molecule has 0 amide bonds. The van der Waals surface area contributed by atoms with Crippen molar-refractivity contribution in [1.82, 2.24) is 9.55 Å². The van der Waals surface area contributed by atoms with E-state index in [1.165, 1.54) is 22.2 Å². The second-order valence-corrected chi connectivity index (χ2v) is 7.64. The molecule has 0 fully saturated rings. The molecule has 0 saturated heterocycles. The van der Waals surface area contributed by atoms with Crippen LogP contribution in [0, 0.1) is 0 Å². The van der Waals surface area contributed by atoms with Crippen LogP contribution in [-0.4, -0.2) is 22.1 Å². The van der Waals surface area contributed by atoms with E-state index in [4.69, 9.17) is 16.3 Å². The van der Waals surface area contributed by atoms with Crippen LogP contribution in [0.5, 0.6) is 0 Å². The Morgan fingerprint density at radius 3 is 2.74 bits per heavy atom. The summed E-state index contributed by atoms with van der Waals surface area (Å²) < 4.78 is 6.64. The average Bonchev–Trinajstić information content (AvgIpc) is 3.10. The number of carbonyl (C=O) groups is 1. The highest BCUT2D eigenvalue weighted by molar-refractivity contribution is 7.17. The molecule has 0 unspecified atom stereocenters. The van der Waals surface area contributed by atoms with Crippen LogP contribution in [0.3, 0.4) is 0 Å². The lowest BCUT2D eigenvalue weighted by atomic mass is 10.1. The van der Waals surface area contributed by atoms with E-state index in [-0.39, 0.29) is 5.56 Å². The molecule has 5 nitrogen and oxygen atoms in total. The Hall–Kier alpha value is -2.18. The van der Waals surface area contributed by atoms with Crippen molar-refractivity contribution in [2.45, 2.75) is 39.2 Å².